The molecule has 3 saturated heterocycles. The van der Waals surface area contributed by atoms with Crippen LogP contribution in [0.15, 0.2) is 18.2 Å². The van der Waals surface area contributed by atoms with E-state index in [1.165, 1.54) is 0 Å². The van der Waals surface area contributed by atoms with Crippen LogP contribution in [0.25, 0.3) is 10.9 Å². The van der Waals surface area contributed by atoms with Gasteiger partial charge >= 0.3 is 12.1 Å². The molecule has 25 heavy (non-hydrogen) atoms. The third kappa shape index (κ3) is 2.72. The van der Waals surface area contributed by atoms with Crippen LogP contribution in [0.5, 0.6) is 5.75 Å². The maximum absolute atomic E-state index is 12.3. The number of hydrogen-bond acceptors (Lipinski definition) is 6. The van der Waals surface area contributed by atoms with Crippen molar-refractivity contribution >= 4 is 23.0 Å². The molecule has 2 N–H and O–H groups in total. The third-order valence-corrected chi connectivity index (χ3v) is 5.24. The van der Waals surface area contributed by atoms with Gasteiger partial charge in [0.15, 0.2) is 5.69 Å². The van der Waals surface area contributed by atoms with Crippen molar-refractivity contribution in [1.29, 1.82) is 0 Å². The lowest BCUT2D eigenvalue weighted by molar-refractivity contribution is 0.0518. The van der Waals surface area contributed by atoms with Crippen molar-refractivity contribution in [3.8, 4) is 5.75 Å². The molecule has 1 aromatic carbocycles. The number of piperidine rings is 3. The monoisotopic (exact) mass is 344 g/mol. The van der Waals surface area contributed by atoms with Crippen LogP contribution in [-0.2, 0) is 4.74 Å². The number of nitrogens with two attached hydrogens (primary N) is 1. The largest absolute Gasteiger partial charge is 0.497 e. The van der Waals surface area contributed by atoms with Gasteiger partial charge in [-0.1, -0.05) is 0 Å². The average molecular weight is 344 g/mol. The second kappa shape index (κ2) is 6.03. The summed E-state index contributed by atoms with van der Waals surface area (Å²) in [6, 6.07) is 5.66. The molecule has 8 nitrogen and oxygen atoms in total. The fraction of sp³-hybridized carbons (Fsp3) is 0.471. The minimum atomic E-state index is -1.14. The second-order valence-electron chi connectivity index (χ2n) is 6.59. The minimum Gasteiger partial charge on any atom is -0.497 e. The molecule has 3 aliphatic rings. The molecule has 8 heteroatoms. The average Bonchev–Trinajstić information content (AvgIpc) is 3.00. The first-order valence-electron chi connectivity index (χ1n) is 8.37. The highest BCUT2D eigenvalue weighted by Crippen LogP contribution is 2.38. The molecule has 0 unspecified atom stereocenters. The summed E-state index contributed by atoms with van der Waals surface area (Å²) in [6.45, 7) is 3.15. The Balaban J connectivity index is 1.81. The van der Waals surface area contributed by atoms with E-state index < -0.39 is 12.1 Å². The summed E-state index contributed by atoms with van der Waals surface area (Å²) < 4.78 is 11.7. The van der Waals surface area contributed by atoms with E-state index in [0.717, 1.165) is 38.0 Å². The molecule has 3 aliphatic heterocycles. The molecule has 0 saturated carbocycles. The van der Waals surface area contributed by atoms with Gasteiger partial charge in [0.05, 0.1) is 18.7 Å². The Kier molecular flexibility index (Phi) is 3.84. The Hall–Kier alpha value is -2.61. The summed E-state index contributed by atoms with van der Waals surface area (Å²) in [7, 11) is 1.56. The van der Waals surface area contributed by atoms with Gasteiger partial charge < -0.3 is 20.1 Å². The fourth-order valence-electron chi connectivity index (χ4n) is 4.00. The summed E-state index contributed by atoms with van der Waals surface area (Å²) in [5, 5.41) is 5.11. The SMILES string of the molecule is COc1ccc2c(c1)c(C(=O)OC(N)=O)nn2[C@H]1CN2CCC1CC2. The predicted octanol–water partition coefficient (Wildman–Crippen LogP) is 1.55. The van der Waals surface area contributed by atoms with Crippen LogP contribution in [0.3, 0.4) is 0 Å². The molecule has 2 bridgehead atoms. The van der Waals surface area contributed by atoms with Crippen LogP contribution in [0.4, 0.5) is 4.79 Å². The molecule has 1 aromatic heterocycles. The van der Waals surface area contributed by atoms with E-state index in [9.17, 15) is 9.59 Å². The molecule has 132 valence electrons. The summed E-state index contributed by atoms with van der Waals surface area (Å²) in [4.78, 5) is 25.7. The zero-order valence-electron chi connectivity index (χ0n) is 14.0. The normalized spacial score (nSPS) is 25.1. The Labute approximate surface area is 144 Å². The van der Waals surface area contributed by atoms with Crippen LogP contribution in [0.1, 0.15) is 29.4 Å². The maximum Gasteiger partial charge on any atom is 0.412 e. The molecule has 4 heterocycles. The molecular weight excluding hydrogens is 324 g/mol. The lowest BCUT2D eigenvalue weighted by atomic mass is 9.84. The van der Waals surface area contributed by atoms with Gasteiger partial charge in [0, 0.05) is 11.9 Å². The quantitative estimate of drug-likeness (QED) is 0.670. The van der Waals surface area contributed by atoms with Crippen molar-refractivity contribution in [2.45, 2.75) is 18.9 Å². The van der Waals surface area contributed by atoms with Gasteiger partial charge in [-0.3, -0.25) is 4.68 Å². The van der Waals surface area contributed by atoms with Gasteiger partial charge in [-0.05, 0) is 50.0 Å². The number of esters is 1. The zero-order chi connectivity index (χ0) is 17.6. The number of methoxy groups -OCH3 is 1. The first-order valence-corrected chi connectivity index (χ1v) is 8.37. The number of hydrogen-bond donors (Lipinski definition) is 1. The van der Waals surface area contributed by atoms with Crippen LogP contribution in [-0.4, -0.2) is 53.5 Å². The number of aromatic nitrogens is 2. The summed E-state index contributed by atoms with van der Waals surface area (Å²) in [5.74, 6) is 0.301. The van der Waals surface area contributed by atoms with E-state index in [0.29, 0.717) is 17.1 Å². The van der Waals surface area contributed by atoms with Crippen molar-refractivity contribution in [1.82, 2.24) is 14.7 Å². The van der Waals surface area contributed by atoms with Gasteiger partial charge in [0.2, 0.25) is 0 Å². The lowest BCUT2D eigenvalue weighted by Crippen LogP contribution is -2.48. The van der Waals surface area contributed by atoms with E-state index in [-0.39, 0.29) is 11.7 Å². The van der Waals surface area contributed by atoms with Crippen molar-refractivity contribution in [2.75, 3.05) is 26.7 Å². The number of rotatable bonds is 3. The number of amides is 1. The number of ether oxygens (including phenoxy) is 2. The van der Waals surface area contributed by atoms with E-state index in [1.54, 1.807) is 13.2 Å². The van der Waals surface area contributed by atoms with Crippen LogP contribution in [0, 0.1) is 5.92 Å². The molecule has 3 fully saturated rings. The van der Waals surface area contributed by atoms with Crippen molar-refractivity contribution in [3.63, 3.8) is 0 Å². The maximum atomic E-state index is 12.3. The smallest absolute Gasteiger partial charge is 0.412 e. The van der Waals surface area contributed by atoms with E-state index in [1.807, 2.05) is 16.8 Å². The number of carbonyl (C=O) groups is 2. The van der Waals surface area contributed by atoms with E-state index in [2.05, 4.69) is 14.7 Å². The Morgan fingerprint density at radius 1 is 1.28 bits per heavy atom. The van der Waals surface area contributed by atoms with Gasteiger partial charge in [-0.25, -0.2) is 9.59 Å². The first kappa shape index (κ1) is 15.9. The highest BCUT2D eigenvalue weighted by molar-refractivity contribution is 6.05. The molecule has 1 amide bonds. The number of carbonyl (C=O) groups excluding carboxylic acids is 2. The molecule has 2 aromatic rings. The van der Waals surface area contributed by atoms with Crippen LogP contribution in [0.2, 0.25) is 0 Å². The van der Waals surface area contributed by atoms with Crippen molar-refractivity contribution in [2.24, 2.45) is 11.7 Å². The Morgan fingerprint density at radius 2 is 2.04 bits per heavy atom. The van der Waals surface area contributed by atoms with Crippen LogP contribution >= 0.6 is 0 Å². The fourth-order valence-corrected chi connectivity index (χ4v) is 4.00. The highest BCUT2D eigenvalue weighted by Gasteiger charge is 2.37. The Bertz CT molecular complexity index is 839. The minimum absolute atomic E-state index is 0.0872. The van der Waals surface area contributed by atoms with Crippen molar-refractivity contribution < 1.29 is 19.1 Å². The number of nitrogens with zero attached hydrogens (tertiary/aromatic N) is 3. The molecule has 1 atom stereocenters. The Morgan fingerprint density at radius 3 is 2.64 bits per heavy atom. The topological polar surface area (TPSA) is 99.7 Å². The summed E-state index contributed by atoms with van der Waals surface area (Å²) >= 11 is 0. The lowest BCUT2D eigenvalue weighted by Gasteiger charge is -2.44. The number of fused-ring (bicyclic) bond motifs is 4. The van der Waals surface area contributed by atoms with Crippen LogP contribution < -0.4 is 10.5 Å². The number of benzene rings is 1. The van der Waals surface area contributed by atoms with Gasteiger partial charge in [0.25, 0.3) is 0 Å². The van der Waals surface area contributed by atoms with E-state index in [4.69, 9.17) is 10.5 Å². The van der Waals surface area contributed by atoms with Crippen molar-refractivity contribution in [3.05, 3.63) is 23.9 Å². The standard InChI is InChI=1S/C17H20N4O4/c1-24-11-2-3-13-12(8-11)15(16(22)25-17(18)23)19-21(13)14-9-20-6-4-10(14)5-7-20/h2-3,8,10,14H,4-7,9H2,1H3,(H2,18,23)/t14-/m0/s1. The second-order valence-corrected chi connectivity index (χ2v) is 6.59. The number of primary amides is 1. The first-order chi connectivity index (χ1) is 12.1. The molecule has 0 spiro atoms. The third-order valence-electron chi connectivity index (χ3n) is 5.24. The summed E-state index contributed by atoms with van der Waals surface area (Å²) in [6.07, 6.45) is 1.12. The van der Waals surface area contributed by atoms with Gasteiger partial charge in [-0.15, -0.1) is 0 Å². The van der Waals surface area contributed by atoms with E-state index >= 15 is 0 Å². The summed E-state index contributed by atoms with van der Waals surface area (Å²) in [5.41, 5.74) is 5.90. The predicted molar refractivity (Wildman–Crippen MR) is 89.5 cm³/mol. The molecule has 5 rings (SSSR count). The molecular formula is C17H20N4O4. The zero-order valence-corrected chi connectivity index (χ0v) is 14.0. The highest BCUT2D eigenvalue weighted by atomic mass is 16.6. The molecule has 0 radical (unpaired) electrons. The van der Waals surface area contributed by atoms with Gasteiger partial charge in [0.1, 0.15) is 5.75 Å². The van der Waals surface area contributed by atoms with Gasteiger partial charge in [-0.2, -0.15) is 5.10 Å². The molecule has 0 aliphatic carbocycles.